The van der Waals surface area contributed by atoms with Gasteiger partial charge in [0.05, 0.1) is 18.7 Å². The van der Waals surface area contributed by atoms with Crippen LogP contribution >= 0.6 is 0 Å². The molecule has 2 aromatic rings. The molecule has 2 fully saturated rings. The number of hydrogen-bond donors (Lipinski definition) is 1. The number of ether oxygens (including phenoxy) is 1. The Morgan fingerprint density at radius 1 is 1.08 bits per heavy atom. The maximum absolute atomic E-state index is 13.8. The number of carbonyl (C=O) groups is 2. The Bertz CT molecular complexity index is 1200. The minimum atomic E-state index is -3.71. The van der Waals surface area contributed by atoms with Crippen molar-refractivity contribution in [1.82, 2.24) is 14.5 Å². The number of sulfonamides is 1. The largest absolute Gasteiger partial charge is 0.497 e. The fourth-order valence-corrected chi connectivity index (χ4v) is 6.42. The molecule has 1 spiro atoms. The highest BCUT2D eigenvalue weighted by Gasteiger charge is 2.55. The Morgan fingerprint density at radius 2 is 1.73 bits per heavy atom. The summed E-state index contributed by atoms with van der Waals surface area (Å²) in [6.45, 7) is 5.39. The molecule has 200 valence electrons. The maximum atomic E-state index is 13.8. The van der Waals surface area contributed by atoms with Gasteiger partial charge < -0.3 is 19.9 Å². The second-order valence-corrected chi connectivity index (χ2v) is 11.8. The third-order valence-corrected chi connectivity index (χ3v) is 9.42. The van der Waals surface area contributed by atoms with Crippen molar-refractivity contribution in [2.24, 2.45) is 5.92 Å². The topological polar surface area (TPSA) is 99.3 Å². The molecule has 0 saturated carbocycles. The van der Waals surface area contributed by atoms with Crippen molar-refractivity contribution in [1.29, 1.82) is 0 Å². The number of anilines is 1. The molecule has 2 heterocycles. The number of hydrogen-bond acceptors (Lipinski definition) is 6. The summed E-state index contributed by atoms with van der Waals surface area (Å²) in [5.74, 6) is 0.636. The number of nitrogens with one attached hydrogen (secondary N) is 1. The third-order valence-electron chi connectivity index (χ3n) is 7.51. The van der Waals surface area contributed by atoms with Crippen LogP contribution in [0.5, 0.6) is 5.75 Å². The van der Waals surface area contributed by atoms with Crippen LogP contribution in [0.15, 0.2) is 59.5 Å². The van der Waals surface area contributed by atoms with Crippen molar-refractivity contribution >= 4 is 27.5 Å². The van der Waals surface area contributed by atoms with Crippen LogP contribution in [-0.2, 0) is 19.6 Å². The van der Waals surface area contributed by atoms with Crippen molar-refractivity contribution in [3.05, 3.63) is 54.6 Å². The molecule has 1 unspecified atom stereocenters. The lowest BCUT2D eigenvalue weighted by molar-refractivity contribution is -0.137. The Kier molecular flexibility index (Phi) is 8.08. The molecule has 2 aromatic carbocycles. The van der Waals surface area contributed by atoms with Crippen LogP contribution in [0.1, 0.15) is 33.1 Å². The Labute approximate surface area is 219 Å². The summed E-state index contributed by atoms with van der Waals surface area (Å²) >= 11 is 0. The predicted octanol–water partition coefficient (Wildman–Crippen LogP) is 2.69. The third kappa shape index (κ3) is 5.45. The van der Waals surface area contributed by atoms with Crippen molar-refractivity contribution in [2.75, 3.05) is 44.9 Å². The lowest BCUT2D eigenvalue weighted by Gasteiger charge is -2.42. The van der Waals surface area contributed by atoms with Crippen LogP contribution in [0.25, 0.3) is 0 Å². The maximum Gasteiger partial charge on any atom is 0.250 e. The van der Waals surface area contributed by atoms with Gasteiger partial charge in [-0.1, -0.05) is 38.5 Å². The molecule has 10 heteroatoms. The Hall–Kier alpha value is -3.11. The van der Waals surface area contributed by atoms with Gasteiger partial charge in [0.25, 0.3) is 0 Å². The minimum Gasteiger partial charge on any atom is -0.497 e. The highest BCUT2D eigenvalue weighted by Crippen LogP contribution is 2.40. The number of methoxy groups -OCH3 is 1. The van der Waals surface area contributed by atoms with Crippen molar-refractivity contribution in [3.8, 4) is 5.75 Å². The van der Waals surface area contributed by atoms with Crippen molar-refractivity contribution < 1.29 is 22.7 Å². The van der Waals surface area contributed by atoms with Gasteiger partial charge >= 0.3 is 0 Å². The number of rotatable bonds is 9. The van der Waals surface area contributed by atoms with Crippen molar-refractivity contribution in [2.45, 2.75) is 43.5 Å². The Morgan fingerprint density at radius 3 is 2.32 bits per heavy atom. The second-order valence-electron chi connectivity index (χ2n) is 9.84. The van der Waals surface area contributed by atoms with E-state index in [1.54, 1.807) is 17.0 Å². The number of carbonyl (C=O) groups excluding carboxylic acids is 2. The summed E-state index contributed by atoms with van der Waals surface area (Å²) in [4.78, 5) is 30.3. The van der Waals surface area contributed by atoms with Gasteiger partial charge in [-0.25, -0.2) is 8.42 Å². The highest BCUT2D eigenvalue weighted by molar-refractivity contribution is 7.89. The van der Waals surface area contributed by atoms with E-state index in [0.29, 0.717) is 31.1 Å². The summed E-state index contributed by atoms with van der Waals surface area (Å²) in [7, 11) is -2.18. The number of para-hydroxylation sites is 1. The van der Waals surface area contributed by atoms with E-state index >= 15 is 0 Å². The zero-order valence-corrected chi connectivity index (χ0v) is 22.5. The summed E-state index contributed by atoms with van der Waals surface area (Å²) in [6.07, 6.45) is 1.63. The average Bonchev–Trinajstić information content (AvgIpc) is 3.18. The normalized spacial score (nSPS) is 18.7. The van der Waals surface area contributed by atoms with Gasteiger partial charge in [0.15, 0.2) is 0 Å². The van der Waals surface area contributed by atoms with E-state index in [4.69, 9.17) is 4.74 Å². The molecular formula is C27H36N4O5S. The Balaban J connectivity index is 1.53. The van der Waals surface area contributed by atoms with E-state index in [9.17, 15) is 18.0 Å². The van der Waals surface area contributed by atoms with E-state index < -0.39 is 15.6 Å². The van der Waals surface area contributed by atoms with E-state index in [1.807, 2.05) is 35.2 Å². The number of piperidine rings is 1. The van der Waals surface area contributed by atoms with Crippen LogP contribution < -0.4 is 15.0 Å². The minimum absolute atomic E-state index is 0.0196. The van der Waals surface area contributed by atoms with Crippen LogP contribution in [0.3, 0.4) is 0 Å². The zero-order valence-electron chi connectivity index (χ0n) is 21.7. The molecule has 0 aromatic heterocycles. The predicted molar refractivity (Wildman–Crippen MR) is 142 cm³/mol. The molecule has 9 nitrogen and oxygen atoms in total. The second kappa shape index (κ2) is 11.1. The van der Waals surface area contributed by atoms with Gasteiger partial charge in [-0.2, -0.15) is 4.31 Å². The quantitative estimate of drug-likeness (QED) is 0.537. The molecule has 0 bridgehead atoms. The summed E-state index contributed by atoms with van der Waals surface area (Å²) in [5, 5.41) is 2.93. The molecule has 2 aliphatic heterocycles. The lowest BCUT2D eigenvalue weighted by Crippen LogP contribution is -2.57. The average molecular weight is 529 g/mol. The van der Waals surface area contributed by atoms with Gasteiger partial charge in [-0.3, -0.25) is 9.59 Å². The molecule has 1 N–H and O–H groups in total. The standard InChI is InChI=1S/C27H36N4O5S/c1-4-21(2)18-28-25(32)19-29-20-31(22-8-6-5-7-9-22)27(26(29)33)14-16-30(17-15-27)37(34,35)24-12-10-23(36-3)11-13-24/h5-13,21H,4,14-20H2,1-3H3,(H,28,32). The van der Waals surface area contributed by atoms with Crippen molar-refractivity contribution in [3.63, 3.8) is 0 Å². The summed E-state index contributed by atoms with van der Waals surface area (Å²) in [6, 6.07) is 16.0. The van der Waals surface area contributed by atoms with E-state index in [-0.39, 0.29) is 43.0 Å². The fourth-order valence-electron chi connectivity index (χ4n) is 4.98. The van der Waals surface area contributed by atoms with Crippen LogP contribution in [0, 0.1) is 5.92 Å². The molecule has 0 radical (unpaired) electrons. The summed E-state index contributed by atoms with van der Waals surface area (Å²) < 4.78 is 33.2. The van der Waals surface area contributed by atoms with E-state index in [0.717, 1.165) is 12.1 Å². The monoisotopic (exact) mass is 528 g/mol. The van der Waals surface area contributed by atoms with Gasteiger partial charge in [-0.15, -0.1) is 0 Å². The molecular weight excluding hydrogens is 492 g/mol. The molecule has 2 saturated heterocycles. The van der Waals surface area contributed by atoms with Crippen LogP contribution in [0.4, 0.5) is 5.69 Å². The zero-order chi connectivity index (χ0) is 26.6. The molecule has 2 aliphatic rings. The fraction of sp³-hybridized carbons (Fsp3) is 0.481. The molecule has 37 heavy (non-hydrogen) atoms. The first-order valence-electron chi connectivity index (χ1n) is 12.7. The molecule has 2 amide bonds. The number of amides is 2. The first-order valence-corrected chi connectivity index (χ1v) is 14.2. The highest BCUT2D eigenvalue weighted by atomic mass is 32.2. The first-order chi connectivity index (χ1) is 17.7. The lowest BCUT2D eigenvalue weighted by atomic mass is 9.86. The smallest absolute Gasteiger partial charge is 0.250 e. The summed E-state index contributed by atoms with van der Waals surface area (Å²) in [5.41, 5.74) is -0.0191. The van der Waals surface area contributed by atoms with Crippen LogP contribution in [-0.4, -0.2) is 74.9 Å². The van der Waals surface area contributed by atoms with E-state index in [1.165, 1.54) is 23.5 Å². The van der Waals surface area contributed by atoms with Gasteiger partial charge in [0.1, 0.15) is 17.8 Å². The molecule has 4 rings (SSSR count). The number of benzene rings is 2. The SMILES string of the molecule is CCC(C)CNC(=O)CN1CN(c2ccccc2)C2(CCN(S(=O)(=O)c3ccc(OC)cc3)CC2)C1=O. The molecule has 0 aliphatic carbocycles. The van der Waals surface area contributed by atoms with Gasteiger partial charge in [0, 0.05) is 25.3 Å². The first kappa shape index (κ1) is 26.9. The van der Waals surface area contributed by atoms with E-state index in [2.05, 4.69) is 19.2 Å². The van der Waals surface area contributed by atoms with Crippen LogP contribution in [0.2, 0.25) is 0 Å². The molecule has 1 atom stereocenters. The van der Waals surface area contributed by atoms with Gasteiger partial charge in [-0.05, 0) is 55.2 Å². The van der Waals surface area contributed by atoms with Gasteiger partial charge in [0.2, 0.25) is 21.8 Å². The number of nitrogens with zero attached hydrogens (tertiary/aromatic N) is 3.